The molecule has 0 saturated carbocycles. The molecular formula is C20H19N3O3. The molecule has 4 rings (SSSR count). The van der Waals surface area contributed by atoms with Crippen molar-refractivity contribution in [3.05, 3.63) is 53.6 Å². The van der Waals surface area contributed by atoms with Crippen molar-refractivity contribution in [2.75, 3.05) is 20.3 Å². The van der Waals surface area contributed by atoms with E-state index in [1.54, 1.807) is 19.2 Å². The highest BCUT2D eigenvalue weighted by Gasteiger charge is 2.23. The van der Waals surface area contributed by atoms with Gasteiger partial charge in [-0.3, -0.25) is 9.59 Å². The molecule has 1 aliphatic heterocycles. The molecule has 132 valence electrons. The highest BCUT2D eigenvalue weighted by molar-refractivity contribution is 6.08. The number of aryl methyl sites for hydroxylation is 1. The number of para-hydroxylation sites is 1. The van der Waals surface area contributed by atoms with Gasteiger partial charge in [0.2, 0.25) is 0 Å². The quantitative estimate of drug-likeness (QED) is 0.719. The van der Waals surface area contributed by atoms with Crippen LogP contribution in [0.1, 0.15) is 27.1 Å². The molecule has 6 heteroatoms. The normalized spacial score (nSPS) is 13.2. The summed E-state index contributed by atoms with van der Waals surface area (Å²) in [4.78, 5) is 29.0. The Hall–Kier alpha value is -2.99. The molecule has 2 heterocycles. The second-order valence-corrected chi connectivity index (χ2v) is 6.26. The van der Waals surface area contributed by atoms with Gasteiger partial charge >= 0.3 is 0 Å². The molecule has 0 unspecified atom stereocenters. The average molecular weight is 349 g/mol. The number of benzene rings is 2. The molecule has 1 aromatic heterocycles. The third kappa shape index (κ3) is 2.78. The van der Waals surface area contributed by atoms with Gasteiger partial charge < -0.3 is 14.6 Å². The van der Waals surface area contributed by atoms with E-state index in [9.17, 15) is 9.59 Å². The Morgan fingerprint density at radius 1 is 1.23 bits per heavy atom. The van der Waals surface area contributed by atoms with Crippen molar-refractivity contribution >= 4 is 22.7 Å². The molecule has 1 N–H and O–H groups in total. The fraction of sp³-hybridized carbons (Fsp3) is 0.250. The Balaban J connectivity index is 1.67. The lowest BCUT2D eigenvalue weighted by Crippen LogP contribution is -2.26. The van der Waals surface area contributed by atoms with Crippen LogP contribution < -0.4 is 5.32 Å². The number of hydrogen-bond donors (Lipinski definition) is 1. The van der Waals surface area contributed by atoms with Crippen LogP contribution in [0.2, 0.25) is 0 Å². The second kappa shape index (κ2) is 6.72. The maximum atomic E-state index is 12.2. The molecule has 0 radical (unpaired) electrons. The summed E-state index contributed by atoms with van der Waals surface area (Å²) in [7, 11) is 1.60. The molecule has 0 aliphatic carbocycles. The lowest BCUT2D eigenvalue weighted by atomic mass is 10.0. The topological polar surface area (TPSA) is 73.2 Å². The minimum atomic E-state index is -0.129. The smallest absolute Gasteiger partial charge is 0.251 e. The van der Waals surface area contributed by atoms with Gasteiger partial charge in [0.05, 0.1) is 17.6 Å². The van der Waals surface area contributed by atoms with Crippen LogP contribution in [0.5, 0.6) is 0 Å². The number of carbonyl (C=O) groups is 2. The number of amides is 1. The van der Waals surface area contributed by atoms with E-state index in [-0.39, 0.29) is 11.7 Å². The SMILES string of the molecule is COCCNC(=O)c1ccc(-c2nc3cccc4c3n2CCC4=O)cc1. The highest BCUT2D eigenvalue weighted by Crippen LogP contribution is 2.31. The van der Waals surface area contributed by atoms with Gasteiger partial charge in [0.1, 0.15) is 5.82 Å². The fourth-order valence-electron chi connectivity index (χ4n) is 3.34. The Morgan fingerprint density at radius 2 is 2.04 bits per heavy atom. The zero-order chi connectivity index (χ0) is 18.1. The van der Waals surface area contributed by atoms with Gasteiger partial charge in [0.15, 0.2) is 5.78 Å². The molecule has 26 heavy (non-hydrogen) atoms. The van der Waals surface area contributed by atoms with Gasteiger partial charge in [-0.2, -0.15) is 0 Å². The number of rotatable bonds is 5. The molecule has 0 bridgehead atoms. The summed E-state index contributed by atoms with van der Waals surface area (Å²) in [6.07, 6.45) is 0.482. The van der Waals surface area contributed by atoms with Crippen LogP contribution >= 0.6 is 0 Å². The fourth-order valence-corrected chi connectivity index (χ4v) is 3.34. The van der Waals surface area contributed by atoms with Crippen LogP contribution in [0, 0.1) is 0 Å². The summed E-state index contributed by atoms with van der Waals surface area (Å²) in [6.45, 7) is 1.58. The lowest BCUT2D eigenvalue weighted by molar-refractivity contribution is 0.0935. The number of ketones is 1. The number of imidazole rings is 1. The van der Waals surface area contributed by atoms with Gasteiger partial charge in [0.25, 0.3) is 5.91 Å². The maximum absolute atomic E-state index is 12.2. The molecule has 0 atom stereocenters. The van der Waals surface area contributed by atoms with Crippen molar-refractivity contribution in [3.63, 3.8) is 0 Å². The molecule has 1 aliphatic rings. The average Bonchev–Trinajstić information content (AvgIpc) is 3.05. The predicted octanol–water partition coefficient (Wildman–Crippen LogP) is 2.67. The first-order chi connectivity index (χ1) is 12.7. The maximum Gasteiger partial charge on any atom is 0.251 e. The van der Waals surface area contributed by atoms with E-state index in [0.29, 0.717) is 31.7 Å². The Morgan fingerprint density at radius 3 is 2.81 bits per heavy atom. The van der Waals surface area contributed by atoms with Crippen molar-refractivity contribution < 1.29 is 14.3 Å². The number of Topliss-reactive ketones (excluding diaryl/α,β-unsaturated/α-hetero) is 1. The number of nitrogens with zero attached hydrogens (tertiary/aromatic N) is 2. The van der Waals surface area contributed by atoms with Crippen LogP contribution in [0.15, 0.2) is 42.5 Å². The number of methoxy groups -OCH3 is 1. The summed E-state index contributed by atoms with van der Waals surface area (Å²) in [6, 6.07) is 13.0. The van der Waals surface area contributed by atoms with Crippen molar-refractivity contribution in [1.82, 2.24) is 14.9 Å². The summed E-state index contributed by atoms with van der Waals surface area (Å²) < 4.78 is 7.03. The van der Waals surface area contributed by atoms with E-state index < -0.39 is 0 Å². The number of aromatic nitrogens is 2. The molecule has 2 aromatic carbocycles. The molecule has 0 fully saturated rings. The highest BCUT2D eigenvalue weighted by atomic mass is 16.5. The van der Waals surface area contributed by atoms with E-state index in [1.807, 2.05) is 30.3 Å². The third-order valence-electron chi connectivity index (χ3n) is 4.63. The lowest BCUT2D eigenvalue weighted by Gasteiger charge is -2.15. The minimum Gasteiger partial charge on any atom is -0.383 e. The standard InChI is InChI=1S/C20H19N3O3/c1-26-12-10-21-20(25)14-7-5-13(6-8-14)19-22-16-4-2-3-15-17(24)9-11-23(19)18(15)16/h2-8H,9-12H2,1H3,(H,21,25). The van der Waals surface area contributed by atoms with Crippen LogP contribution in [-0.2, 0) is 11.3 Å². The molecular weight excluding hydrogens is 330 g/mol. The van der Waals surface area contributed by atoms with Crippen LogP contribution in [0.4, 0.5) is 0 Å². The second-order valence-electron chi connectivity index (χ2n) is 6.26. The largest absolute Gasteiger partial charge is 0.383 e. The van der Waals surface area contributed by atoms with E-state index in [1.165, 1.54) is 0 Å². The predicted molar refractivity (Wildman–Crippen MR) is 98.3 cm³/mol. The van der Waals surface area contributed by atoms with Crippen molar-refractivity contribution in [2.24, 2.45) is 0 Å². The summed E-state index contributed by atoms with van der Waals surface area (Å²) >= 11 is 0. The van der Waals surface area contributed by atoms with E-state index in [0.717, 1.165) is 28.0 Å². The van der Waals surface area contributed by atoms with Crippen LogP contribution in [0.3, 0.4) is 0 Å². The molecule has 6 nitrogen and oxygen atoms in total. The van der Waals surface area contributed by atoms with E-state index in [4.69, 9.17) is 9.72 Å². The Bertz CT molecular complexity index is 989. The van der Waals surface area contributed by atoms with Gasteiger partial charge in [-0.05, 0) is 24.3 Å². The molecule has 1 amide bonds. The van der Waals surface area contributed by atoms with Gasteiger partial charge in [-0.1, -0.05) is 18.2 Å². The summed E-state index contributed by atoms with van der Waals surface area (Å²) in [5, 5.41) is 2.80. The number of nitrogens with one attached hydrogen (secondary N) is 1. The molecule has 0 spiro atoms. The number of hydrogen-bond acceptors (Lipinski definition) is 4. The summed E-state index contributed by atoms with van der Waals surface area (Å²) in [5.41, 5.74) is 3.99. The minimum absolute atomic E-state index is 0.129. The summed E-state index contributed by atoms with van der Waals surface area (Å²) in [5.74, 6) is 0.861. The molecule has 0 saturated heterocycles. The van der Waals surface area contributed by atoms with Crippen LogP contribution in [-0.4, -0.2) is 41.5 Å². The van der Waals surface area contributed by atoms with Gasteiger partial charge in [-0.15, -0.1) is 0 Å². The third-order valence-corrected chi connectivity index (χ3v) is 4.63. The molecule has 3 aromatic rings. The van der Waals surface area contributed by atoms with Crippen molar-refractivity contribution in [2.45, 2.75) is 13.0 Å². The first-order valence-electron chi connectivity index (χ1n) is 8.59. The zero-order valence-corrected chi connectivity index (χ0v) is 14.5. The Labute approximate surface area is 150 Å². The van der Waals surface area contributed by atoms with Crippen molar-refractivity contribution in [3.8, 4) is 11.4 Å². The Kier molecular flexibility index (Phi) is 4.26. The van der Waals surface area contributed by atoms with Gasteiger partial charge in [-0.25, -0.2) is 4.98 Å². The zero-order valence-electron chi connectivity index (χ0n) is 14.5. The van der Waals surface area contributed by atoms with Crippen LogP contribution in [0.25, 0.3) is 22.4 Å². The number of carbonyl (C=O) groups excluding carboxylic acids is 2. The van der Waals surface area contributed by atoms with Gasteiger partial charge in [0, 0.05) is 43.3 Å². The monoisotopic (exact) mass is 349 g/mol. The first-order valence-corrected chi connectivity index (χ1v) is 8.59. The number of ether oxygens (including phenoxy) is 1. The van der Waals surface area contributed by atoms with Crippen molar-refractivity contribution in [1.29, 1.82) is 0 Å². The van der Waals surface area contributed by atoms with E-state index in [2.05, 4.69) is 9.88 Å². The first kappa shape index (κ1) is 16.5. The van der Waals surface area contributed by atoms with E-state index >= 15 is 0 Å².